The van der Waals surface area contributed by atoms with E-state index in [2.05, 4.69) is 34.2 Å². The first-order valence-electron chi connectivity index (χ1n) is 23.3. The lowest BCUT2D eigenvalue weighted by atomic mass is 9.97. The maximum absolute atomic E-state index is 13.2. The Morgan fingerprint density at radius 2 is 1.08 bits per heavy atom. The molecular weight excluding hydrogens is 925 g/mol. The maximum atomic E-state index is 13.2. The predicted octanol–water partition coefficient (Wildman–Crippen LogP) is 14.3. The van der Waals surface area contributed by atoms with Gasteiger partial charge in [-0.25, -0.2) is 19.6 Å². The van der Waals surface area contributed by atoms with Crippen LogP contribution in [-0.4, -0.2) is 42.1 Å². The van der Waals surface area contributed by atoms with E-state index in [0.717, 1.165) is 83.2 Å². The molecule has 11 rings (SSSR count). The maximum Gasteiger partial charge on any atom is 0.336 e. The molecule has 0 saturated carbocycles. The van der Waals surface area contributed by atoms with Crippen LogP contribution in [-0.2, 0) is 32.5 Å². The van der Waals surface area contributed by atoms with E-state index in [1.807, 2.05) is 115 Å². The highest BCUT2D eigenvalue weighted by Crippen LogP contribution is 2.40. The smallest absolute Gasteiger partial charge is 0.336 e. The Morgan fingerprint density at radius 3 is 1.62 bits per heavy atom. The zero-order chi connectivity index (χ0) is 48.4. The number of benzene rings is 6. The highest BCUT2D eigenvalue weighted by Gasteiger charge is 2.23. The number of hydrogen-bond donors (Lipinski definition) is 2. The van der Waals surface area contributed by atoms with Gasteiger partial charge in [-0.2, -0.15) is 0 Å². The van der Waals surface area contributed by atoms with Gasteiger partial charge in [-0.05, 0) is 89.9 Å². The molecule has 0 spiro atoms. The summed E-state index contributed by atoms with van der Waals surface area (Å²) in [6.45, 7) is 2.51. The van der Waals surface area contributed by atoms with Crippen LogP contribution in [0, 0.1) is 0 Å². The molecule has 5 aromatic heterocycles. The third kappa shape index (κ3) is 9.06. The molecule has 0 aliphatic carbocycles. The van der Waals surface area contributed by atoms with Crippen molar-refractivity contribution in [3.8, 4) is 45.3 Å². The van der Waals surface area contributed by atoms with E-state index >= 15 is 0 Å². The number of carboxylic acids is 2. The van der Waals surface area contributed by atoms with Crippen molar-refractivity contribution >= 4 is 76.6 Å². The fourth-order valence-electron chi connectivity index (χ4n) is 9.25. The van der Waals surface area contributed by atoms with E-state index in [4.69, 9.17) is 19.4 Å². The molecule has 12 heteroatoms. The number of fused-ring (bicyclic) bond motifs is 4. The number of ether oxygens (including phenoxy) is 2. The standard InChI is InChI=1S/C59H44N4O6S2/c1-2-38-22-24-50(54-43(58(64)65)28-47(62-56(38)54)45-33-70-52-12-5-3-10-41(45)52)68-31-36-16-14-35(15-17-36)8-7-9-40-23-25-51(69-32-37-18-20-39(21-19-37)49-30-60-26-27-61-49)55-44(59(66)67)29-48(63-57(40)55)46-34-71-53-13-6-4-11-42(46)53/h3-6,10-30,33-34H,2,7-9,31-32H2,1H3,(H,64,65)(H,66,67). The van der Waals surface area contributed by atoms with Crippen molar-refractivity contribution in [1.82, 2.24) is 19.9 Å². The van der Waals surface area contributed by atoms with E-state index in [-0.39, 0.29) is 24.3 Å². The second-order valence-electron chi connectivity index (χ2n) is 17.3. The van der Waals surface area contributed by atoms with Crippen molar-refractivity contribution in [3.63, 3.8) is 0 Å². The summed E-state index contributed by atoms with van der Waals surface area (Å²) in [4.78, 5) is 44.9. The third-order valence-corrected chi connectivity index (χ3v) is 14.8. The number of aromatic carboxylic acids is 2. The van der Waals surface area contributed by atoms with Crippen LogP contribution in [0.15, 0.2) is 163 Å². The summed E-state index contributed by atoms with van der Waals surface area (Å²) in [5.74, 6) is -1.17. The molecule has 0 radical (unpaired) electrons. The van der Waals surface area contributed by atoms with Crippen LogP contribution in [0.4, 0.5) is 0 Å². The molecular formula is C59H44N4O6S2. The van der Waals surface area contributed by atoms with E-state index in [1.165, 1.54) is 0 Å². The second kappa shape index (κ2) is 19.6. The number of rotatable bonds is 16. The van der Waals surface area contributed by atoms with Gasteiger partial charge in [0.05, 0.1) is 56.2 Å². The quantitative estimate of drug-likeness (QED) is 0.0960. The zero-order valence-electron chi connectivity index (χ0n) is 38.5. The van der Waals surface area contributed by atoms with Crippen molar-refractivity contribution in [3.05, 3.63) is 202 Å². The molecule has 348 valence electrons. The molecule has 0 aliphatic rings. The van der Waals surface area contributed by atoms with Crippen LogP contribution in [0.25, 0.3) is 75.8 Å². The Hall–Kier alpha value is -8.32. The fourth-order valence-corrected chi connectivity index (χ4v) is 11.2. The van der Waals surface area contributed by atoms with Gasteiger partial charge < -0.3 is 19.7 Å². The first kappa shape index (κ1) is 45.1. The molecule has 0 bridgehead atoms. The summed E-state index contributed by atoms with van der Waals surface area (Å²) in [6, 6.07) is 43.4. The molecule has 5 heterocycles. The van der Waals surface area contributed by atoms with Gasteiger partial charge in [0.15, 0.2) is 0 Å². The van der Waals surface area contributed by atoms with Crippen LogP contribution >= 0.6 is 22.7 Å². The number of carbonyl (C=O) groups is 2. The third-order valence-electron chi connectivity index (χ3n) is 12.9. The molecule has 6 aromatic carbocycles. The lowest BCUT2D eigenvalue weighted by Crippen LogP contribution is -2.05. The Labute approximate surface area is 416 Å². The second-order valence-corrected chi connectivity index (χ2v) is 19.1. The minimum absolute atomic E-state index is 0.134. The minimum Gasteiger partial charge on any atom is -0.488 e. The number of hydrogen-bond acceptors (Lipinski definition) is 10. The Kier molecular flexibility index (Phi) is 12.5. The van der Waals surface area contributed by atoms with E-state index in [1.54, 1.807) is 53.4 Å². The van der Waals surface area contributed by atoms with Crippen molar-refractivity contribution in [1.29, 1.82) is 0 Å². The van der Waals surface area contributed by atoms with E-state index in [0.29, 0.717) is 57.5 Å². The van der Waals surface area contributed by atoms with Gasteiger partial charge >= 0.3 is 11.9 Å². The van der Waals surface area contributed by atoms with Crippen LogP contribution in [0.3, 0.4) is 0 Å². The number of carboxylic acid groups (broad SMARTS) is 2. The summed E-state index contributed by atoms with van der Waals surface area (Å²) in [5.41, 5.74) is 11.1. The molecule has 0 atom stereocenters. The molecule has 0 unspecified atom stereocenters. The van der Waals surface area contributed by atoms with Crippen molar-refractivity contribution in [2.24, 2.45) is 0 Å². The largest absolute Gasteiger partial charge is 0.488 e. The van der Waals surface area contributed by atoms with Crippen LogP contribution in [0.2, 0.25) is 0 Å². The lowest BCUT2D eigenvalue weighted by molar-refractivity contribution is 0.0688. The molecule has 2 N–H and O–H groups in total. The van der Waals surface area contributed by atoms with Gasteiger partial charge in [0, 0.05) is 60.0 Å². The van der Waals surface area contributed by atoms with Crippen molar-refractivity contribution in [2.45, 2.75) is 45.8 Å². The van der Waals surface area contributed by atoms with E-state index < -0.39 is 11.9 Å². The van der Waals surface area contributed by atoms with Crippen molar-refractivity contribution in [2.75, 3.05) is 0 Å². The summed E-state index contributed by atoms with van der Waals surface area (Å²) < 4.78 is 15.1. The molecule has 0 amide bonds. The summed E-state index contributed by atoms with van der Waals surface area (Å²) in [6.07, 6.45) is 7.90. The fraction of sp³-hybridized carbons (Fsp3) is 0.119. The number of aryl methyl sites for hydroxylation is 3. The normalized spacial score (nSPS) is 11.5. The number of nitrogens with zero attached hydrogens (tertiary/aromatic N) is 4. The SMILES string of the molecule is CCc1ccc(OCc2ccc(CCCc3ccc(OCc4ccc(-c5cnccn5)cc4)c4c(C(=O)O)cc(-c5csc6ccccc56)nc34)cc2)c2c(C(=O)O)cc(-c3csc4ccccc34)nc12. The Balaban J connectivity index is 0.833. The van der Waals surface area contributed by atoms with Crippen LogP contribution in [0.1, 0.15) is 61.9 Å². The first-order chi connectivity index (χ1) is 34.8. The van der Waals surface area contributed by atoms with Gasteiger partial charge in [-0.1, -0.05) is 104 Å². The average molecular weight is 969 g/mol. The van der Waals surface area contributed by atoms with Crippen LogP contribution in [0.5, 0.6) is 11.5 Å². The lowest BCUT2D eigenvalue weighted by Gasteiger charge is -2.16. The molecule has 11 aromatic rings. The summed E-state index contributed by atoms with van der Waals surface area (Å²) >= 11 is 3.22. The zero-order valence-corrected chi connectivity index (χ0v) is 40.1. The molecule has 71 heavy (non-hydrogen) atoms. The van der Waals surface area contributed by atoms with Gasteiger partial charge in [-0.3, -0.25) is 9.97 Å². The van der Waals surface area contributed by atoms with Gasteiger partial charge in [-0.15, -0.1) is 22.7 Å². The highest BCUT2D eigenvalue weighted by atomic mass is 32.1. The number of pyridine rings is 2. The summed E-state index contributed by atoms with van der Waals surface area (Å²) in [5, 5.41) is 28.4. The summed E-state index contributed by atoms with van der Waals surface area (Å²) in [7, 11) is 0. The minimum atomic E-state index is -1.06. The van der Waals surface area contributed by atoms with E-state index in [9.17, 15) is 19.8 Å². The first-order valence-corrected chi connectivity index (χ1v) is 25.1. The highest BCUT2D eigenvalue weighted by molar-refractivity contribution is 7.18. The molecule has 0 fully saturated rings. The number of thiophene rings is 2. The number of aromatic nitrogens is 4. The Bertz CT molecular complexity index is 3800. The topological polar surface area (TPSA) is 145 Å². The Morgan fingerprint density at radius 1 is 0.563 bits per heavy atom. The van der Waals surface area contributed by atoms with Gasteiger partial charge in [0.25, 0.3) is 0 Å². The predicted molar refractivity (Wildman–Crippen MR) is 283 cm³/mol. The molecule has 0 aliphatic heterocycles. The molecule has 10 nitrogen and oxygen atoms in total. The average Bonchev–Trinajstić information content (AvgIpc) is 4.05. The molecule has 0 saturated heterocycles. The monoisotopic (exact) mass is 968 g/mol. The van der Waals surface area contributed by atoms with Gasteiger partial charge in [0.1, 0.15) is 24.7 Å². The van der Waals surface area contributed by atoms with Crippen LogP contribution < -0.4 is 9.47 Å². The van der Waals surface area contributed by atoms with Gasteiger partial charge in [0.2, 0.25) is 0 Å². The van der Waals surface area contributed by atoms with Crippen molar-refractivity contribution < 1.29 is 29.3 Å².